The molecule has 3 rings (SSSR count). The molecule has 0 spiro atoms. The van der Waals surface area contributed by atoms with Crippen molar-refractivity contribution in [1.29, 1.82) is 0 Å². The van der Waals surface area contributed by atoms with Gasteiger partial charge in [0.1, 0.15) is 0 Å². The molecule has 1 saturated heterocycles. The lowest BCUT2D eigenvalue weighted by atomic mass is 10.1. The highest BCUT2D eigenvalue weighted by atomic mass is 35.5. The molecule has 0 bridgehead atoms. The van der Waals surface area contributed by atoms with E-state index in [0.717, 1.165) is 6.42 Å². The van der Waals surface area contributed by atoms with Crippen LogP contribution in [0.3, 0.4) is 0 Å². The van der Waals surface area contributed by atoms with Gasteiger partial charge in [0.05, 0.1) is 5.56 Å². The van der Waals surface area contributed by atoms with Gasteiger partial charge in [-0.15, -0.1) is 12.4 Å². The Balaban J connectivity index is 0.00000120. The molecule has 0 saturated carbocycles. The number of hydrogen-bond donors (Lipinski definition) is 1. The molecule has 6 heteroatoms. The number of nitrogens with two attached hydrogens (primary N) is 1. The predicted molar refractivity (Wildman–Crippen MR) is 68.3 cm³/mol. The monoisotopic (exact) mass is 270 g/mol. The number of likely N-dealkylation sites (tertiary alicyclic amines) is 1. The summed E-state index contributed by atoms with van der Waals surface area (Å²) in [6.45, 7) is 1.51. The Hall–Kier alpha value is -1.46. The summed E-state index contributed by atoms with van der Waals surface area (Å²) < 4.78 is 10.6. The lowest BCUT2D eigenvalue weighted by Gasteiger charge is -2.16. The minimum absolute atomic E-state index is 0. The van der Waals surface area contributed by atoms with Gasteiger partial charge in [0.15, 0.2) is 11.5 Å². The zero-order chi connectivity index (χ0) is 11.8. The fourth-order valence-electron chi connectivity index (χ4n) is 2.24. The van der Waals surface area contributed by atoms with Crippen molar-refractivity contribution in [2.24, 2.45) is 5.73 Å². The van der Waals surface area contributed by atoms with Crippen LogP contribution in [0.4, 0.5) is 0 Å². The first kappa shape index (κ1) is 13.0. The van der Waals surface area contributed by atoms with Gasteiger partial charge in [-0.25, -0.2) is 0 Å². The molecule has 0 radical (unpaired) electrons. The van der Waals surface area contributed by atoms with Crippen LogP contribution in [0.2, 0.25) is 0 Å². The molecule has 2 N–H and O–H groups in total. The van der Waals surface area contributed by atoms with Crippen molar-refractivity contribution >= 4 is 18.3 Å². The Morgan fingerprint density at radius 2 is 2.22 bits per heavy atom. The molecule has 1 aromatic rings. The average Bonchev–Trinajstić information content (AvgIpc) is 2.95. The number of carbonyl (C=O) groups is 1. The van der Waals surface area contributed by atoms with Gasteiger partial charge in [0, 0.05) is 19.1 Å². The van der Waals surface area contributed by atoms with E-state index in [1.54, 1.807) is 23.1 Å². The van der Waals surface area contributed by atoms with E-state index in [0.29, 0.717) is 30.2 Å². The van der Waals surface area contributed by atoms with Crippen molar-refractivity contribution in [2.75, 3.05) is 19.9 Å². The highest BCUT2D eigenvalue weighted by molar-refractivity contribution is 5.98. The third-order valence-corrected chi connectivity index (χ3v) is 3.14. The first-order valence-corrected chi connectivity index (χ1v) is 5.69. The van der Waals surface area contributed by atoms with Crippen LogP contribution in [-0.2, 0) is 0 Å². The first-order valence-electron chi connectivity index (χ1n) is 5.69. The molecule has 18 heavy (non-hydrogen) atoms. The smallest absolute Gasteiger partial charge is 0.257 e. The van der Waals surface area contributed by atoms with Crippen LogP contribution >= 0.6 is 12.4 Å². The second kappa shape index (κ2) is 5.04. The molecular formula is C12H15ClN2O3. The van der Waals surface area contributed by atoms with Gasteiger partial charge in [-0.05, 0) is 18.6 Å². The van der Waals surface area contributed by atoms with E-state index in [9.17, 15) is 4.79 Å². The number of rotatable bonds is 1. The molecule has 1 amide bonds. The normalized spacial score (nSPS) is 20.7. The number of carbonyl (C=O) groups excluding carboxylic acids is 1. The summed E-state index contributed by atoms with van der Waals surface area (Å²) in [6.07, 6.45) is 0.859. The molecule has 1 unspecified atom stereocenters. The molecule has 5 nitrogen and oxygen atoms in total. The number of halogens is 1. The van der Waals surface area contributed by atoms with E-state index in [1.807, 2.05) is 0 Å². The number of para-hydroxylation sites is 1. The molecule has 98 valence electrons. The highest BCUT2D eigenvalue weighted by Gasteiger charge is 2.29. The quantitative estimate of drug-likeness (QED) is 0.827. The summed E-state index contributed by atoms with van der Waals surface area (Å²) in [4.78, 5) is 14.1. The fourth-order valence-corrected chi connectivity index (χ4v) is 2.24. The topological polar surface area (TPSA) is 64.8 Å². The number of nitrogens with zero attached hydrogens (tertiary/aromatic N) is 1. The van der Waals surface area contributed by atoms with Crippen molar-refractivity contribution in [3.8, 4) is 11.5 Å². The van der Waals surface area contributed by atoms with Crippen LogP contribution in [-0.4, -0.2) is 36.7 Å². The molecule has 1 aromatic carbocycles. The Bertz CT molecular complexity index is 467. The van der Waals surface area contributed by atoms with Crippen molar-refractivity contribution < 1.29 is 14.3 Å². The van der Waals surface area contributed by atoms with Crippen LogP contribution < -0.4 is 15.2 Å². The molecule has 0 aromatic heterocycles. The Labute approximate surface area is 111 Å². The Kier molecular flexibility index (Phi) is 3.63. The van der Waals surface area contributed by atoms with Crippen LogP contribution in [0.5, 0.6) is 11.5 Å². The van der Waals surface area contributed by atoms with E-state index in [2.05, 4.69) is 0 Å². The fraction of sp³-hybridized carbons (Fsp3) is 0.417. The highest BCUT2D eigenvalue weighted by Crippen LogP contribution is 2.36. The van der Waals surface area contributed by atoms with Gasteiger partial charge < -0.3 is 20.1 Å². The van der Waals surface area contributed by atoms with E-state index in [-0.39, 0.29) is 31.1 Å². The van der Waals surface area contributed by atoms with Crippen LogP contribution in [0, 0.1) is 0 Å². The molecule has 2 aliphatic rings. The van der Waals surface area contributed by atoms with Gasteiger partial charge in [0.25, 0.3) is 5.91 Å². The zero-order valence-corrected chi connectivity index (χ0v) is 10.6. The molecule has 2 heterocycles. The zero-order valence-electron chi connectivity index (χ0n) is 9.80. The summed E-state index contributed by atoms with van der Waals surface area (Å²) in [5, 5.41) is 0. The third-order valence-electron chi connectivity index (χ3n) is 3.14. The van der Waals surface area contributed by atoms with Crippen LogP contribution in [0.15, 0.2) is 18.2 Å². The number of hydrogen-bond acceptors (Lipinski definition) is 4. The predicted octanol–water partition coefficient (Wildman–Crippen LogP) is 1.01. The van der Waals surface area contributed by atoms with Crippen molar-refractivity contribution in [1.82, 2.24) is 4.90 Å². The molecule has 2 aliphatic heterocycles. The molecule has 1 fully saturated rings. The van der Waals surface area contributed by atoms with Crippen LogP contribution in [0.1, 0.15) is 16.8 Å². The molecule has 1 atom stereocenters. The van der Waals surface area contributed by atoms with Gasteiger partial charge in [-0.2, -0.15) is 0 Å². The molecule has 0 aliphatic carbocycles. The largest absolute Gasteiger partial charge is 0.454 e. The second-order valence-electron chi connectivity index (χ2n) is 4.34. The van der Waals surface area contributed by atoms with Crippen molar-refractivity contribution in [3.05, 3.63) is 23.8 Å². The van der Waals surface area contributed by atoms with Crippen LogP contribution in [0.25, 0.3) is 0 Å². The number of benzene rings is 1. The van der Waals surface area contributed by atoms with Gasteiger partial charge in [-0.3, -0.25) is 4.79 Å². The maximum absolute atomic E-state index is 12.3. The van der Waals surface area contributed by atoms with Crippen molar-refractivity contribution in [2.45, 2.75) is 12.5 Å². The van der Waals surface area contributed by atoms with Gasteiger partial charge in [0.2, 0.25) is 6.79 Å². The summed E-state index contributed by atoms with van der Waals surface area (Å²) in [5.74, 6) is 1.16. The van der Waals surface area contributed by atoms with E-state index >= 15 is 0 Å². The standard InChI is InChI=1S/C12H14N2O3.ClH/c13-8-4-5-14(6-8)12(15)9-2-1-3-10-11(9)17-7-16-10;/h1-3,8H,4-7,13H2;1H. The van der Waals surface area contributed by atoms with E-state index in [1.165, 1.54) is 0 Å². The Morgan fingerprint density at radius 1 is 1.39 bits per heavy atom. The summed E-state index contributed by atoms with van der Waals surface area (Å²) in [6, 6.07) is 5.46. The summed E-state index contributed by atoms with van der Waals surface area (Å²) in [5.41, 5.74) is 6.37. The van der Waals surface area contributed by atoms with Gasteiger partial charge in [-0.1, -0.05) is 6.07 Å². The van der Waals surface area contributed by atoms with E-state index < -0.39 is 0 Å². The summed E-state index contributed by atoms with van der Waals surface area (Å²) in [7, 11) is 0. The number of amides is 1. The van der Waals surface area contributed by atoms with E-state index in [4.69, 9.17) is 15.2 Å². The third kappa shape index (κ3) is 2.11. The first-order chi connectivity index (χ1) is 8.25. The maximum atomic E-state index is 12.3. The number of fused-ring (bicyclic) bond motifs is 1. The lowest BCUT2D eigenvalue weighted by Crippen LogP contribution is -2.32. The van der Waals surface area contributed by atoms with Gasteiger partial charge >= 0.3 is 0 Å². The Morgan fingerprint density at radius 3 is 2.94 bits per heavy atom. The minimum atomic E-state index is -0.0275. The SMILES string of the molecule is Cl.NC1CCN(C(=O)c2cccc3c2OCO3)C1. The summed E-state index contributed by atoms with van der Waals surface area (Å²) >= 11 is 0. The average molecular weight is 271 g/mol. The number of ether oxygens (including phenoxy) is 2. The second-order valence-corrected chi connectivity index (χ2v) is 4.34. The lowest BCUT2D eigenvalue weighted by molar-refractivity contribution is 0.0786. The van der Waals surface area contributed by atoms with Crippen molar-refractivity contribution in [3.63, 3.8) is 0 Å². The minimum Gasteiger partial charge on any atom is -0.454 e. The maximum Gasteiger partial charge on any atom is 0.257 e. The molecular weight excluding hydrogens is 256 g/mol.